The van der Waals surface area contributed by atoms with E-state index in [0.717, 1.165) is 22.5 Å². The van der Waals surface area contributed by atoms with Gasteiger partial charge in [-0.3, -0.25) is 0 Å². The Kier molecular flexibility index (Phi) is 6.04. The summed E-state index contributed by atoms with van der Waals surface area (Å²) in [6, 6.07) is 0.751. The second kappa shape index (κ2) is 7.30. The quantitative estimate of drug-likeness (QED) is 0.786. The molecular formula is C14H27NS2. The minimum atomic E-state index is 0.751. The number of nitrogens with one attached hydrogen (secondary N) is 1. The van der Waals surface area contributed by atoms with Gasteiger partial charge in [0.1, 0.15) is 0 Å². The van der Waals surface area contributed by atoms with Gasteiger partial charge in [0.2, 0.25) is 0 Å². The van der Waals surface area contributed by atoms with Gasteiger partial charge >= 0.3 is 0 Å². The highest BCUT2D eigenvalue weighted by atomic mass is 32.2. The van der Waals surface area contributed by atoms with Crippen molar-refractivity contribution in [2.75, 3.05) is 18.6 Å². The van der Waals surface area contributed by atoms with E-state index >= 15 is 0 Å². The maximum Gasteiger partial charge on any atom is 0.0320 e. The summed E-state index contributed by atoms with van der Waals surface area (Å²) in [4.78, 5) is 0. The van der Waals surface area contributed by atoms with E-state index in [1.807, 2.05) is 0 Å². The van der Waals surface area contributed by atoms with E-state index in [-0.39, 0.29) is 0 Å². The number of rotatable bonds is 3. The summed E-state index contributed by atoms with van der Waals surface area (Å²) in [5.41, 5.74) is 0. The third-order valence-corrected chi connectivity index (χ3v) is 7.55. The van der Waals surface area contributed by atoms with Gasteiger partial charge in [0.15, 0.2) is 0 Å². The van der Waals surface area contributed by atoms with Gasteiger partial charge in [-0.2, -0.15) is 23.5 Å². The maximum atomic E-state index is 3.67. The van der Waals surface area contributed by atoms with Crippen molar-refractivity contribution in [3.8, 4) is 0 Å². The molecule has 3 unspecified atom stereocenters. The van der Waals surface area contributed by atoms with E-state index in [4.69, 9.17) is 0 Å². The summed E-state index contributed by atoms with van der Waals surface area (Å²) >= 11 is 4.40. The lowest BCUT2D eigenvalue weighted by Gasteiger charge is -2.38. The molecule has 0 bridgehead atoms. The Labute approximate surface area is 115 Å². The molecule has 2 rings (SSSR count). The van der Waals surface area contributed by atoms with Crippen LogP contribution in [0.25, 0.3) is 0 Å². The average Bonchev–Trinajstić information content (AvgIpc) is 2.62. The zero-order valence-electron chi connectivity index (χ0n) is 11.3. The lowest BCUT2D eigenvalue weighted by Crippen LogP contribution is -2.47. The highest BCUT2D eigenvalue weighted by Crippen LogP contribution is 2.38. The molecule has 1 saturated heterocycles. The van der Waals surface area contributed by atoms with Gasteiger partial charge in [0.05, 0.1) is 0 Å². The highest BCUT2D eigenvalue weighted by molar-refractivity contribution is 8.07. The Balaban J connectivity index is 1.97. The summed E-state index contributed by atoms with van der Waals surface area (Å²) in [7, 11) is 2.18. The maximum absolute atomic E-state index is 3.67. The first-order valence-electron chi connectivity index (χ1n) is 7.23. The molecule has 3 atom stereocenters. The lowest BCUT2D eigenvalue weighted by molar-refractivity contribution is 0.325. The first kappa shape index (κ1) is 14.1. The third kappa shape index (κ3) is 3.81. The zero-order valence-corrected chi connectivity index (χ0v) is 12.9. The first-order valence-corrected chi connectivity index (χ1v) is 9.33. The van der Waals surface area contributed by atoms with Crippen LogP contribution in [0.15, 0.2) is 0 Å². The Bertz CT molecular complexity index is 214. The van der Waals surface area contributed by atoms with Crippen molar-refractivity contribution in [1.29, 1.82) is 0 Å². The van der Waals surface area contributed by atoms with E-state index < -0.39 is 0 Å². The van der Waals surface area contributed by atoms with Crippen LogP contribution in [0.4, 0.5) is 0 Å². The summed E-state index contributed by atoms with van der Waals surface area (Å²) < 4.78 is 0. The van der Waals surface area contributed by atoms with Crippen molar-refractivity contribution >= 4 is 23.5 Å². The second-order valence-electron chi connectivity index (χ2n) is 5.48. The number of hydrogen-bond acceptors (Lipinski definition) is 3. The minimum Gasteiger partial charge on any atom is -0.316 e. The predicted molar refractivity (Wildman–Crippen MR) is 82.2 cm³/mol. The van der Waals surface area contributed by atoms with Gasteiger partial charge in [0, 0.05) is 28.0 Å². The largest absolute Gasteiger partial charge is 0.316 e. The van der Waals surface area contributed by atoms with Gasteiger partial charge < -0.3 is 5.32 Å². The van der Waals surface area contributed by atoms with Crippen molar-refractivity contribution in [1.82, 2.24) is 5.32 Å². The molecule has 3 heteroatoms. The SMILES string of the molecule is CNC(C1CCCCCC1)C1SCCSC1C. The van der Waals surface area contributed by atoms with Crippen molar-refractivity contribution in [3.05, 3.63) is 0 Å². The normalized spacial score (nSPS) is 34.2. The Morgan fingerprint density at radius 1 is 1.00 bits per heavy atom. The number of thioether (sulfide) groups is 2. The van der Waals surface area contributed by atoms with E-state index in [2.05, 4.69) is 42.8 Å². The smallest absolute Gasteiger partial charge is 0.0320 e. The molecule has 0 spiro atoms. The minimum absolute atomic E-state index is 0.751. The van der Waals surface area contributed by atoms with Gasteiger partial charge in [-0.15, -0.1) is 0 Å². The third-order valence-electron chi connectivity index (χ3n) is 4.33. The standard InChI is InChI=1S/C14H27NS2/c1-11-14(17-10-9-16-11)13(15-2)12-7-5-3-4-6-8-12/h11-15H,3-10H2,1-2H3. The molecule has 0 aromatic carbocycles. The van der Waals surface area contributed by atoms with Crippen LogP contribution in [0.2, 0.25) is 0 Å². The molecule has 1 saturated carbocycles. The summed E-state index contributed by atoms with van der Waals surface area (Å²) in [5, 5.41) is 5.33. The van der Waals surface area contributed by atoms with Crippen molar-refractivity contribution < 1.29 is 0 Å². The van der Waals surface area contributed by atoms with Crippen LogP contribution in [0.5, 0.6) is 0 Å². The molecule has 0 radical (unpaired) electrons. The number of hydrogen-bond donors (Lipinski definition) is 1. The molecule has 100 valence electrons. The monoisotopic (exact) mass is 273 g/mol. The zero-order chi connectivity index (χ0) is 12.1. The molecule has 0 aromatic heterocycles. The predicted octanol–water partition coefficient (Wildman–Crippen LogP) is 3.78. The molecule has 0 aromatic rings. The molecule has 1 heterocycles. The second-order valence-corrected chi connectivity index (χ2v) is 8.25. The van der Waals surface area contributed by atoms with Crippen molar-refractivity contribution in [3.63, 3.8) is 0 Å². The average molecular weight is 274 g/mol. The molecule has 0 amide bonds. The molecule has 17 heavy (non-hydrogen) atoms. The van der Waals surface area contributed by atoms with E-state index in [1.54, 1.807) is 0 Å². The van der Waals surface area contributed by atoms with Gasteiger partial charge in [0.25, 0.3) is 0 Å². The fourth-order valence-electron chi connectivity index (χ4n) is 3.38. The summed E-state index contributed by atoms with van der Waals surface area (Å²) in [6.45, 7) is 2.43. The fourth-order valence-corrected chi connectivity index (χ4v) is 6.46. The Morgan fingerprint density at radius 2 is 1.65 bits per heavy atom. The van der Waals surface area contributed by atoms with E-state index in [0.29, 0.717) is 0 Å². The van der Waals surface area contributed by atoms with Gasteiger partial charge in [-0.25, -0.2) is 0 Å². The Hall–Kier alpha value is 0.660. The van der Waals surface area contributed by atoms with Crippen molar-refractivity contribution in [2.45, 2.75) is 62.0 Å². The van der Waals surface area contributed by atoms with Crippen LogP contribution in [0.3, 0.4) is 0 Å². The van der Waals surface area contributed by atoms with Crippen LogP contribution in [-0.4, -0.2) is 35.1 Å². The van der Waals surface area contributed by atoms with Crippen LogP contribution in [-0.2, 0) is 0 Å². The first-order chi connectivity index (χ1) is 8.33. The summed E-state index contributed by atoms with van der Waals surface area (Å²) in [6.07, 6.45) is 8.77. The molecule has 1 nitrogen and oxygen atoms in total. The molecule has 1 aliphatic heterocycles. The van der Waals surface area contributed by atoms with Crippen molar-refractivity contribution in [2.24, 2.45) is 5.92 Å². The van der Waals surface area contributed by atoms with Crippen LogP contribution < -0.4 is 5.32 Å². The molecule has 1 aliphatic carbocycles. The van der Waals surface area contributed by atoms with Crippen LogP contribution >= 0.6 is 23.5 Å². The molecule has 2 fully saturated rings. The molecule has 1 N–H and O–H groups in total. The van der Waals surface area contributed by atoms with Gasteiger partial charge in [-0.05, 0) is 25.8 Å². The van der Waals surface area contributed by atoms with Crippen LogP contribution in [0.1, 0.15) is 45.4 Å². The summed E-state index contributed by atoms with van der Waals surface area (Å²) in [5.74, 6) is 3.63. The van der Waals surface area contributed by atoms with E-state index in [9.17, 15) is 0 Å². The Morgan fingerprint density at radius 3 is 2.24 bits per heavy atom. The molecule has 2 aliphatic rings. The van der Waals surface area contributed by atoms with Crippen LogP contribution in [0, 0.1) is 5.92 Å². The fraction of sp³-hybridized carbons (Fsp3) is 1.00. The van der Waals surface area contributed by atoms with Gasteiger partial charge in [-0.1, -0.05) is 32.6 Å². The topological polar surface area (TPSA) is 12.0 Å². The highest BCUT2D eigenvalue weighted by Gasteiger charge is 2.34. The molecular weight excluding hydrogens is 246 g/mol. The lowest BCUT2D eigenvalue weighted by atomic mass is 9.89. The van der Waals surface area contributed by atoms with E-state index in [1.165, 1.54) is 50.0 Å².